The molecule has 1 aliphatic rings. The normalized spacial score (nSPS) is 20.3. The van der Waals surface area contributed by atoms with Gasteiger partial charge in [-0.1, -0.05) is 12.1 Å². The number of amides is 1. The highest BCUT2D eigenvalue weighted by molar-refractivity contribution is 5.89. The first-order valence-corrected chi connectivity index (χ1v) is 6.36. The van der Waals surface area contributed by atoms with Crippen LogP contribution in [0.3, 0.4) is 0 Å². The summed E-state index contributed by atoms with van der Waals surface area (Å²) in [6.07, 6.45) is 0.396. The van der Waals surface area contributed by atoms with Gasteiger partial charge >= 0.3 is 5.97 Å². The third kappa shape index (κ3) is 3.26. The second-order valence-corrected chi connectivity index (χ2v) is 4.83. The molecule has 0 aromatic heterocycles. The van der Waals surface area contributed by atoms with Crippen molar-refractivity contribution in [2.24, 2.45) is 11.8 Å². The molecule has 0 spiro atoms. The van der Waals surface area contributed by atoms with Crippen molar-refractivity contribution in [3.05, 3.63) is 30.1 Å². The zero-order chi connectivity index (χ0) is 14.7. The number of carbonyl (C=O) groups excluding carboxylic acids is 1. The Morgan fingerprint density at radius 1 is 1.40 bits per heavy atom. The number of carbonyl (C=O) groups is 2. The molecule has 1 fully saturated rings. The summed E-state index contributed by atoms with van der Waals surface area (Å²) in [5.41, 5.74) is 0. The molecule has 1 aromatic rings. The van der Waals surface area contributed by atoms with Crippen LogP contribution >= 0.6 is 0 Å². The standard InChI is InChI=1S/C14H16FNO4/c1-16(13(17)9-8-10(9)14(18)19)6-7-20-12-5-3-2-4-11(12)15/h2-5,9-10H,6-8H2,1H3,(H,18,19). The van der Waals surface area contributed by atoms with Gasteiger partial charge in [0.25, 0.3) is 0 Å². The summed E-state index contributed by atoms with van der Waals surface area (Å²) in [5, 5.41) is 8.77. The maximum absolute atomic E-state index is 13.3. The van der Waals surface area contributed by atoms with Crippen LogP contribution in [0.5, 0.6) is 5.75 Å². The zero-order valence-corrected chi connectivity index (χ0v) is 11.1. The summed E-state index contributed by atoms with van der Waals surface area (Å²) in [7, 11) is 1.59. The maximum atomic E-state index is 13.3. The molecule has 1 aliphatic carbocycles. The molecule has 1 aromatic carbocycles. The van der Waals surface area contributed by atoms with Gasteiger partial charge in [0.05, 0.1) is 18.4 Å². The van der Waals surface area contributed by atoms with E-state index in [2.05, 4.69) is 0 Å². The van der Waals surface area contributed by atoms with E-state index in [1.165, 1.54) is 17.0 Å². The van der Waals surface area contributed by atoms with Crippen molar-refractivity contribution in [2.45, 2.75) is 6.42 Å². The van der Waals surface area contributed by atoms with Crippen LogP contribution in [0.25, 0.3) is 0 Å². The number of carboxylic acids is 1. The molecule has 6 heteroatoms. The summed E-state index contributed by atoms with van der Waals surface area (Å²) < 4.78 is 18.5. The Bertz CT molecular complexity index is 520. The van der Waals surface area contributed by atoms with E-state index in [9.17, 15) is 14.0 Å². The van der Waals surface area contributed by atoms with Crippen LogP contribution in [0.4, 0.5) is 4.39 Å². The number of para-hydroxylation sites is 1. The highest BCUT2D eigenvalue weighted by atomic mass is 19.1. The number of hydrogen-bond acceptors (Lipinski definition) is 3. The van der Waals surface area contributed by atoms with E-state index in [-0.39, 0.29) is 24.8 Å². The van der Waals surface area contributed by atoms with Crippen LogP contribution in [0.2, 0.25) is 0 Å². The average Bonchev–Trinajstić information content (AvgIpc) is 3.20. The van der Waals surface area contributed by atoms with E-state index in [0.717, 1.165) is 0 Å². The highest BCUT2D eigenvalue weighted by Gasteiger charge is 2.49. The topological polar surface area (TPSA) is 66.8 Å². The lowest BCUT2D eigenvalue weighted by molar-refractivity contribution is -0.141. The van der Waals surface area contributed by atoms with Crippen LogP contribution in [-0.4, -0.2) is 42.1 Å². The molecule has 108 valence electrons. The van der Waals surface area contributed by atoms with Gasteiger partial charge in [-0.05, 0) is 18.6 Å². The smallest absolute Gasteiger partial charge is 0.307 e. The molecule has 2 atom stereocenters. The van der Waals surface area contributed by atoms with E-state index in [4.69, 9.17) is 9.84 Å². The van der Waals surface area contributed by atoms with Gasteiger partial charge < -0.3 is 14.7 Å². The monoisotopic (exact) mass is 281 g/mol. The van der Waals surface area contributed by atoms with Crippen LogP contribution in [0, 0.1) is 17.7 Å². The van der Waals surface area contributed by atoms with Gasteiger partial charge in [0.1, 0.15) is 6.61 Å². The van der Waals surface area contributed by atoms with Crippen molar-refractivity contribution < 1.29 is 23.8 Å². The Morgan fingerprint density at radius 2 is 2.10 bits per heavy atom. The summed E-state index contributed by atoms with van der Waals surface area (Å²) in [5.74, 6) is -2.42. The SMILES string of the molecule is CN(CCOc1ccccc1F)C(=O)C1CC1C(=O)O. The van der Waals surface area contributed by atoms with Gasteiger partial charge in [0, 0.05) is 7.05 Å². The molecule has 1 saturated carbocycles. The number of benzene rings is 1. The third-order valence-corrected chi connectivity index (χ3v) is 3.32. The molecule has 0 aliphatic heterocycles. The first-order valence-electron chi connectivity index (χ1n) is 6.36. The van der Waals surface area contributed by atoms with E-state index in [0.29, 0.717) is 6.42 Å². The number of halogens is 1. The highest BCUT2D eigenvalue weighted by Crippen LogP contribution is 2.39. The molecule has 2 unspecified atom stereocenters. The number of likely N-dealkylation sites (N-methyl/N-ethyl adjacent to an activating group) is 1. The molecule has 0 saturated heterocycles. The lowest BCUT2D eigenvalue weighted by Crippen LogP contribution is -2.32. The second kappa shape index (κ2) is 5.90. The molecule has 1 N–H and O–H groups in total. The molecule has 20 heavy (non-hydrogen) atoms. The van der Waals surface area contributed by atoms with Gasteiger partial charge in [0.2, 0.25) is 5.91 Å². The molecule has 5 nitrogen and oxygen atoms in total. The lowest BCUT2D eigenvalue weighted by atomic mass is 10.3. The Morgan fingerprint density at radius 3 is 2.70 bits per heavy atom. The number of carboxylic acid groups (broad SMARTS) is 1. The fourth-order valence-corrected chi connectivity index (χ4v) is 1.99. The third-order valence-electron chi connectivity index (χ3n) is 3.32. The minimum absolute atomic E-state index is 0.142. The van der Waals surface area contributed by atoms with Gasteiger partial charge in [0.15, 0.2) is 11.6 Å². The summed E-state index contributed by atoms with van der Waals surface area (Å²) in [6, 6.07) is 6.04. The van der Waals surface area contributed by atoms with E-state index < -0.39 is 23.6 Å². The molecular weight excluding hydrogens is 265 g/mol. The molecule has 1 amide bonds. The minimum atomic E-state index is -0.931. The number of rotatable bonds is 6. The molecule has 0 heterocycles. The van der Waals surface area contributed by atoms with Crippen LogP contribution in [0.15, 0.2) is 24.3 Å². The van der Waals surface area contributed by atoms with Crippen molar-refractivity contribution in [2.75, 3.05) is 20.2 Å². The van der Waals surface area contributed by atoms with E-state index >= 15 is 0 Å². The van der Waals surface area contributed by atoms with E-state index in [1.54, 1.807) is 19.2 Å². The van der Waals surface area contributed by atoms with Gasteiger partial charge in [-0.25, -0.2) is 4.39 Å². The van der Waals surface area contributed by atoms with Gasteiger partial charge in [-0.3, -0.25) is 9.59 Å². The molecule has 2 rings (SSSR count). The fraction of sp³-hybridized carbons (Fsp3) is 0.429. The molecular formula is C14H16FNO4. The van der Waals surface area contributed by atoms with E-state index in [1.807, 2.05) is 0 Å². The van der Waals surface area contributed by atoms with Crippen LogP contribution < -0.4 is 4.74 Å². The minimum Gasteiger partial charge on any atom is -0.489 e. The van der Waals surface area contributed by atoms with Crippen LogP contribution in [0.1, 0.15) is 6.42 Å². The Hall–Kier alpha value is -2.11. The Labute approximate surface area is 116 Å². The van der Waals surface area contributed by atoms with Crippen molar-refractivity contribution >= 4 is 11.9 Å². The number of hydrogen-bond donors (Lipinski definition) is 1. The fourth-order valence-electron chi connectivity index (χ4n) is 1.99. The predicted octanol–water partition coefficient (Wildman–Crippen LogP) is 1.38. The number of aliphatic carboxylic acids is 1. The lowest BCUT2D eigenvalue weighted by Gasteiger charge is -2.17. The molecule has 0 radical (unpaired) electrons. The van der Waals surface area contributed by atoms with Crippen molar-refractivity contribution in [1.82, 2.24) is 4.90 Å². The Balaban J connectivity index is 1.76. The van der Waals surface area contributed by atoms with Gasteiger partial charge in [-0.2, -0.15) is 0 Å². The summed E-state index contributed by atoms with van der Waals surface area (Å²) in [4.78, 5) is 24.0. The average molecular weight is 281 g/mol. The number of ether oxygens (including phenoxy) is 1. The number of nitrogens with zero attached hydrogens (tertiary/aromatic N) is 1. The van der Waals surface area contributed by atoms with Gasteiger partial charge in [-0.15, -0.1) is 0 Å². The largest absolute Gasteiger partial charge is 0.489 e. The Kier molecular flexibility index (Phi) is 4.22. The summed E-state index contributed by atoms with van der Waals surface area (Å²) >= 11 is 0. The summed E-state index contributed by atoms with van der Waals surface area (Å²) in [6.45, 7) is 0.448. The zero-order valence-electron chi connectivity index (χ0n) is 11.1. The second-order valence-electron chi connectivity index (χ2n) is 4.83. The molecule has 0 bridgehead atoms. The van der Waals surface area contributed by atoms with Crippen molar-refractivity contribution in [1.29, 1.82) is 0 Å². The first kappa shape index (κ1) is 14.3. The predicted molar refractivity (Wildman–Crippen MR) is 68.8 cm³/mol. The first-order chi connectivity index (χ1) is 9.50. The maximum Gasteiger partial charge on any atom is 0.307 e. The quantitative estimate of drug-likeness (QED) is 0.855. The van der Waals surface area contributed by atoms with Crippen molar-refractivity contribution in [3.63, 3.8) is 0 Å². The van der Waals surface area contributed by atoms with Crippen molar-refractivity contribution in [3.8, 4) is 5.75 Å². The van der Waals surface area contributed by atoms with Crippen LogP contribution in [-0.2, 0) is 9.59 Å².